The van der Waals surface area contributed by atoms with Crippen LogP contribution < -0.4 is 5.73 Å². The maximum absolute atomic E-state index is 12.2. The molecular formula is C9H13ClN2O2S2. The van der Waals surface area contributed by atoms with Gasteiger partial charge in [0.05, 0.1) is 10.5 Å². The quantitative estimate of drug-likeness (QED) is 0.899. The fourth-order valence-electron chi connectivity index (χ4n) is 1.78. The SMILES string of the molecule is NC1CCCCN1S(=O)(=O)c1ccc(Cl)s1. The molecule has 1 unspecified atom stereocenters. The van der Waals surface area contributed by atoms with Gasteiger partial charge in [0.25, 0.3) is 10.0 Å². The zero-order valence-electron chi connectivity index (χ0n) is 8.60. The van der Waals surface area contributed by atoms with Crippen molar-refractivity contribution in [3.05, 3.63) is 16.5 Å². The van der Waals surface area contributed by atoms with Crippen LogP contribution in [-0.4, -0.2) is 25.4 Å². The van der Waals surface area contributed by atoms with Crippen LogP contribution >= 0.6 is 22.9 Å². The number of hydrogen-bond acceptors (Lipinski definition) is 4. The van der Waals surface area contributed by atoms with Gasteiger partial charge in [0.1, 0.15) is 4.21 Å². The van der Waals surface area contributed by atoms with E-state index in [-0.39, 0.29) is 4.21 Å². The zero-order chi connectivity index (χ0) is 11.8. The molecule has 16 heavy (non-hydrogen) atoms. The first-order valence-electron chi connectivity index (χ1n) is 5.04. The minimum absolute atomic E-state index is 0.273. The maximum Gasteiger partial charge on any atom is 0.253 e. The molecule has 1 fully saturated rings. The second-order valence-electron chi connectivity index (χ2n) is 3.74. The second kappa shape index (κ2) is 4.62. The number of hydrogen-bond donors (Lipinski definition) is 1. The molecule has 1 aliphatic rings. The van der Waals surface area contributed by atoms with E-state index in [4.69, 9.17) is 17.3 Å². The molecule has 0 radical (unpaired) electrons. The standard InChI is InChI=1S/C9H13ClN2O2S2/c10-7-4-5-9(15-7)16(13,14)12-6-2-1-3-8(12)11/h4-5,8H,1-3,6,11H2. The molecule has 7 heteroatoms. The van der Waals surface area contributed by atoms with Crippen LogP contribution in [-0.2, 0) is 10.0 Å². The Kier molecular flexibility index (Phi) is 3.56. The molecule has 0 amide bonds. The van der Waals surface area contributed by atoms with Gasteiger partial charge < -0.3 is 5.73 Å². The number of nitrogens with two attached hydrogens (primary N) is 1. The molecule has 1 aromatic heterocycles. The first kappa shape index (κ1) is 12.3. The van der Waals surface area contributed by atoms with Crippen LogP contribution in [0.3, 0.4) is 0 Å². The predicted molar refractivity (Wildman–Crippen MR) is 65.0 cm³/mol. The number of rotatable bonds is 2. The number of halogens is 1. The Morgan fingerprint density at radius 3 is 2.75 bits per heavy atom. The summed E-state index contributed by atoms with van der Waals surface area (Å²) in [5.74, 6) is 0. The van der Waals surface area contributed by atoms with Gasteiger partial charge in [0.15, 0.2) is 0 Å². The molecule has 0 aliphatic carbocycles. The van der Waals surface area contributed by atoms with Crippen molar-refractivity contribution in [2.24, 2.45) is 5.73 Å². The molecular weight excluding hydrogens is 268 g/mol. The topological polar surface area (TPSA) is 63.4 Å². The van der Waals surface area contributed by atoms with Crippen LogP contribution in [0, 0.1) is 0 Å². The minimum Gasteiger partial charge on any atom is -0.315 e. The number of sulfonamides is 1. The summed E-state index contributed by atoms with van der Waals surface area (Å²) in [5.41, 5.74) is 5.83. The first-order valence-corrected chi connectivity index (χ1v) is 7.68. The average Bonchev–Trinajstić information content (AvgIpc) is 2.66. The Morgan fingerprint density at radius 2 is 2.19 bits per heavy atom. The molecule has 0 bridgehead atoms. The lowest BCUT2D eigenvalue weighted by atomic mass is 10.1. The largest absolute Gasteiger partial charge is 0.315 e. The maximum atomic E-state index is 12.2. The molecule has 1 atom stereocenters. The summed E-state index contributed by atoms with van der Waals surface area (Å²) in [6.45, 7) is 0.499. The Hall–Kier alpha value is -0.140. The summed E-state index contributed by atoms with van der Waals surface area (Å²) in [6, 6.07) is 3.12. The fourth-order valence-corrected chi connectivity index (χ4v) is 4.98. The summed E-state index contributed by atoms with van der Waals surface area (Å²) in [7, 11) is -3.45. The van der Waals surface area contributed by atoms with Crippen molar-refractivity contribution in [2.75, 3.05) is 6.54 Å². The monoisotopic (exact) mass is 280 g/mol. The number of thiophene rings is 1. The molecule has 2 heterocycles. The Labute approximate surface area is 104 Å². The fraction of sp³-hybridized carbons (Fsp3) is 0.556. The van der Waals surface area contributed by atoms with E-state index < -0.39 is 16.2 Å². The van der Waals surface area contributed by atoms with Gasteiger partial charge in [0.2, 0.25) is 0 Å². The smallest absolute Gasteiger partial charge is 0.253 e. The molecule has 1 saturated heterocycles. The van der Waals surface area contributed by atoms with Crippen molar-refractivity contribution in [1.29, 1.82) is 0 Å². The highest BCUT2D eigenvalue weighted by Crippen LogP contribution is 2.30. The lowest BCUT2D eigenvalue weighted by Crippen LogP contribution is -2.48. The molecule has 1 aliphatic heterocycles. The van der Waals surface area contributed by atoms with E-state index in [1.165, 1.54) is 10.4 Å². The third-order valence-corrected chi connectivity index (χ3v) is 6.23. The highest BCUT2D eigenvalue weighted by atomic mass is 35.5. The molecule has 0 aromatic carbocycles. The lowest BCUT2D eigenvalue weighted by Gasteiger charge is -2.31. The normalized spacial score (nSPS) is 23.5. The lowest BCUT2D eigenvalue weighted by molar-refractivity contribution is 0.258. The molecule has 90 valence electrons. The van der Waals surface area contributed by atoms with Crippen molar-refractivity contribution in [3.8, 4) is 0 Å². The zero-order valence-corrected chi connectivity index (χ0v) is 11.0. The van der Waals surface area contributed by atoms with Gasteiger partial charge >= 0.3 is 0 Å². The van der Waals surface area contributed by atoms with E-state index in [0.29, 0.717) is 10.9 Å². The summed E-state index contributed by atoms with van der Waals surface area (Å²) >= 11 is 6.82. The molecule has 0 spiro atoms. The van der Waals surface area contributed by atoms with E-state index in [1.807, 2.05) is 0 Å². The van der Waals surface area contributed by atoms with Crippen molar-refractivity contribution < 1.29 is 8.42 Å². The summed E-state index contributed by atoms with van der Waals surface area (Å²) in [6.07, 6.45) is 2.17. The van der Waals surface area contributed by atoms with Crippen LogP contribution in [0.25, 0.3) is 0 Å². The summed E-state index contributed by atoms with van der Waals surface area (Å²) in [4.78, 5) is 0. The van der Waals surface area contributed by atoms with Gasteiger partial charge in [-0.1, -0.05) is 11.6 Å². The van der Waals surface area contributed by atoms with Crippen LogP contribution in [0.15, 0.2) is 16.3 Å². The van der Waals surface area contributed by atoms with E-state index in [1.54, 1.807) is 6.07 Å². The van der Waals surface area contributed by atoms with E-state index >= 15 is 0 Å². The van der Waals surface area contributed by atoms with Crippen LogP contribution in [0.4, 0.5) is 0 Å². The summed E-state index contributed by atoms with van der Waals surface area (Å²) in [5, 5.41) is 0. The van der Waals surface area contributed by atoms with Crippen molar-refractivity contribution >= 4 is 33.0 Å². The van der Waals surface area contributed by atoms with Crippen LogP contribution in [0.5, 0.6) is 0 Å². The molecule has 2 N–H and O–H groups in total. The van der Waals surface area contributed by atoms with Crippen LogP contribution in [0.2, 0.25) is 4.34 Å². The van der Waals surface area contributed by atoms with Gasteiger partial charge in [-0.15, -0.1) is 11.3 Å². The molecule has 1 aromatic rings. The molecule has 0 saturated carbocycles. The first-order chi connectivity index (χ1) is 7.51. The third kappa shape index (κ3) is 2.26. The number of piperidine rings is 1. The Balaban J connectivity index is 2.31. The predicted octanol–water partition coefficient (Wildman–Crippen LogP) is 1.86. The third-order valence-electron chi connectivity index (χ3n) is 2.61. The average molecular weight is 281 g/mol. The van der Waals surface area contributed by atoms with Gasteiger partial charge in [-0.2, -0.15) is 4.31 Å². The van der Waals surface area contributed by atoms with Gasteiger partial charge in [0, 0.05) is 6.54 Å². The van der Waals surface area contributed by atoms with Gasteiger partial charge in [-0.25, -0.2) is 8.42 Å². The van der Waals surface area contributed by atoms with Gasteiger partial charge in [-0.3, -0.25) is 0 Å². The van der Waals surface area contributed by atoms with Crippen LogP contribution in [0.1, 0.15) is 19.3 Å². The highest BCUT2D eigenvalue weighted by molar-refractivity contribution is 7.91. The number of nitrogens with zero attached hydrogens (tertiary/aromatic N) is 1. The minimum atomic E-state index is -3.45. The van der Waals surface area contributed by atoms with Crippen molar-refractivity contribution in [2.45, 2.75) is 29.6 Å². The van der Waals surface area contributed by atoms with E-state index in [2.05, 4.69) is 0 Å². The highest BCUT2D eigenvalue weighted by Gasteiger charge is 2.32. The second-order valence-corrected chi connectivity index (χ2v) is 7.57. The Morgan fingerprint density at radius 1 is 1.44 bits per heavy atom. The van der Waals surface area contributed by atoms with E-state index in [0.717, 1.165) is 30.6 Å². The van der Waals surface area contributed by atoms with Crippen molar-refractivity contribution in [3.63, 3.8) is 0 Å². The van der Waals surface area contributed by atoms with E-state index in [9.17, 15) is 8.42 Å². The van der Waals surface area contributed by atoms with Gasteiger partial charge in [-0.05, 0) is 31.4 Å². The Bertz CT molecular complexity index is 472. The summed E-state index contributed by atoms with van der Waals surface area (Å²) < 4.78 is 26.5. The molecule has 2 rings (SSSR count). The molecule has 4 nitrogen and oxygen atoms in total. The van der Waals surface area contributed by atoms with Crippen molar-refractivity contribution in [1.82, 2.24) is 4.31 Å².